The van der Waals surface area contributed by atoms with Crippen molar-refractivity contribution in [1.82, 2.24) is 15.5 Å². The predicted molar refractivity (Wildman–Crippen MR) is 72.2 cm³/mol. The molecule has 2 amide bonds. The van der Waals surface area contributed by atoms with Crippen LogP contribution in [0.5, 0.6) is 0 Å². The second kappa shape index (κ2) is 6.51. The van der Waals surface area contributed by atoms with Crippen LogP contribution in [-0.4, -0.2) is 74.4 Å². The first-order valence-electron chi connectivity index (χ1n) is 7.05. The number of amides is 2. The third-order valence-electron chi connectivity index (χ3n) is 3.64. The third-order valence-corrected chi connectivity index (χ3v) is 3.64. The van der Waals surface area contributed by atoms with Crippen LogP contribution in [-0.2, 0) is 19.1 Å². The molecular weight excluding hydrogens is 262 g/mol. The molecule has 114 valence electrons. The van der Waals surface area contributed by atoms with Crippen LogP contribution in [0.1, 0.15) is 13.8 Å². The van der Waals surface area contributed by atoms with Crippen molar-refractivity contribution in [2.24, 2.45) is 0 Å². The van der Waals surface area contributed by atoms with E-state index < -0.39 is 6.04 Å². The minimum Gasteiger partial charge on any atom is -0.377 e. The van der Waals surface area contributed by atoms with Crippen LogP contribution in [0.3, 0.4) is 0 Å². The smallest absolute Gasteiger partial charge is 0.249 e. The Balaban J connectivity index is 1.89. The molecule has 20 heavy (non-hydrogen) atoms. The maximum atomic E-state index is 12.2. The molecule has 2 rings (SSSR count). The zero-order valence-electron chi connectivity index (χ0n) is 12.1. The number of rotatable bonds is 5. The largest absolute Gasteiger partial charge is 0.377 e. The molecule has 0 aromatic heterocycles. The van der Waals surface area contributed by atoms with Crippen LogP contribution < -0.4 is 10.6 Å². The molecule has 2 fully saturated rings. The highest BCUT2D eigenvalue weighted by molar-refractivity contribution is 5.88. The Morgan fingerprint density at radius 3 is 2.85 bits per heavy atom. The Labute approximate surface area is 119 Å². The maximum absolute atomic E-state index is 12.2. The van der Waals surface area contributed by atoms with Gasteiger partial charge in [0.15, 0.2) is 0 Å². The molecule has 0 spiro atoms. The lowest BCUT2D eigenvalue weighted by atomic mass is 10.0. The quantitative estimate of drug-likeness (QED) is 0.658. The number of nitrogens with zero attached hydrogens (tertiary/aromatic N) is 1. The number of likely N-dealkylation sites (N-methyl/N-ethyl adjacent to an activating group) is 1. The van der Waals surface area contributed by atoms with Gasteiger partial charge in [0.25, 0.3) is 0 Å². The Hall–Kier alpha value is -1.18. The molecule has 7 heteroatoms. The topological polar surface area (TPSA) is 79.9 Å². The Bertz CT molecular complexity index is 371. The van der Waals surface area contributed by atoms with Crippen molar-refractivity contribution in [3.05, 3.63) is 0 Å². The van der Waals surface area contributed by atoms with Crippen LogP contribution >= 0.6 is 0 Å². The molecule has 2 aliphatic heterocycles. The fraction of sp³-hybridized carbons (Fsp3) is 0.846. The van der Waals surface area contributed by atoms with Crippen molar-refractivity contribution in [3.8, 4) is 0 Å². The maximum Gasteiger partial charge on any atom is 0.249 e. The van der Waals surface area contributed by atoms with Gasteiger partial charge in [-0.15, -0.1) is 0 Å². The van der Waals surface area contributed by atoms with Gasteiger partial charge in [0.2, 0.25) is 11.8 Å². The average molecular weight is 285 g/mol. The summed E-state index contributed by atoms with van der Waals surface area (Å²) in [5, 5.41) is 5.85. The summed E-state index contributed by atoms with van der Waals surface area (Å²) in [6, 6.07) is -0.549. The SMILES string of the molecule is CCNC(=O)C1COCCN1C(=O)COC1(C)CNC1. The van der Waals surface area contributed by atoms with E-state index in [4.69, 9.17) is 9.47 Å². The monoisotopic (exact) mass is 285 g/mol. The lowest BCUT2D eigenvalue weighted by Crippen LogP contribution is -2.61. The summed E-state index contributed by atoms with van der Waals surface area (Å²) in [5.74, 6) is -0.324. The van der Waals surface area contributed by atoms with E-state index in [1.807, 2.05) is 13.8 Å². The number of morpholine rings is 1. The van der Waals surface area contributed by atoms with E-state index >= 15 is 0 Å². The first-order valence-corrected chi connectivity index (χ1v) is 7.05. The summed E-state index contributed by atoms with van der Waals surface area (Å²) < 4.78 is 10.9. The number of nitrogens with one attached hydrogen (secondary N) is 2. The van der Waals surface area contributed by atoms with E-state index in [0.29, 0.717) is 19.7 Å². The Kier molecular flexibility index (Phi) is 4.95. The van der Waals surface area contributed by atoms with Gasteiger partial charge in [-0.1, -0.05) is 0 Å². The van der Waals surface area contributed by atoms with E-state index in [9.17, 15) is 9.59 Å². The summed E-state index contributed by atoms with van der Waals surface area (Å²) in [7, 11) is 0. The van der Waals surface area contributed by atoms with Gasteiger partial charge < -0.3 is 25.0 Å². The normalized spacial score (nSPS) is 24.9. The average Bonchev–Trinajstić information content (AvgIpc) is 2.43. The fourth-order valence-electron chi connectivity index (χ4n) is 2.31. The minimum absolute atomic E-state index is 0.00802. The highest BCUT2D eigenvalue weighted by Crippen LogP contribution is 2.16. The highest BCUT2D eigenvalue weighted by Gasteiger charge is 2.36. The third kappa shape index (κ3) is 3.47. The van der Waals surface area contributed by atoms with Gasteiger partial charge >= 0.3 is 0 Å². The molecule has 0 aromatic rings. The zero-order chi connectivity index (χ0) is 14.6. The minimum atomic E-state index is -0.549. The number of carbonyl (C=O) groups excluding carboxylic acids is 2. The Morgan fingerprint density at radius 1 is 1.50 bits per heavy atom. The summed E-state index contributed by atoms with van der Waals surface area (Å²) >= 11 is 0. The van der Waals surface area contributed by atoms with Crippen LogP contribution in [0.2, 0.25) is 0 Å². The molecule has 7 nitrogen and oxygen atoms in total. The van der Waals surface area contributed by atoms with Gasteiger partial charge in [0.1, 0.15) is 12.6 Å². The Morgan fingerprint density at radius 2 is 2.25 bits per heavy atom. The van der Waals surface area contributed by atoms with Crippen LogP contribution in [0.15, 0.2) is 0 Å². The summed E-state index contributed by atoms with van der Waals surface area (Å²) in [6.07, 6.45) is 0. The predicted octanol–water partition coefficient (Wildman–Crippen LogP) is -1.27. The second-order valence-corrected chi connectivity index (χ2v) is 5.41. The van der Waals surface area contributed by atoms with Gasteiger partial charge in [0.05, 0.1) is 18.8 Å². The van der Waals surface area contributed by atoms with Gasteiger partial charge in [-0.05, 0) is 13.8 Å². The number of ether oxygens (including phenoxy) is 2. The molecular formula is C13H23N3O4. The molecule has 2 heterocycles. The molecule has 2 saturated heterocycles. The molecule has 0 saturated carbocycles. The molecule has 0 bridgehead atoms. The molecule has 0 radical (unpaired) electrons. The van der Waals surface area contributed by atoms with Crippen molar-refractivity contribution in [3.63, 3.8) is 0 Å². The van der Waals surface area contributed by atoms with Crippen molar-refractivity contribution in [1.29, 1.82) is 0 Å². The zero-order valence-corrected chi connectivity index (χ0v) is 12.1. The van der Waals surface area contributed by atoms with Crippen molar-refractivity contribution in [2.75, 3.05) is 46.0 Å². The van der Waals surface area contributed by atoms with Crippen LogP contribution in [0.25, 0.3) is 0 Å². The number of hydrogen-bond donors (Lipinski definition) is 2. The van der Waals surface area contributed by atoms with E-state index in [1.54, 1.807) is 4.90 Å². The van der Waals surface area contributed by atoms with Gasteiger partial charge in [-0.2, -0.15) is 0 Å². The van der Waals surface area contributed by atoms with Crippen molar-refractivity contribution >= 4 is 11.8 Å². The van der Waals surface area contributed by atoms with E-state index in [-0.39, 0.29) is 30.6 Å². The van der Waals surface area contributed by atoms with Crippen molar-refractivity contribution < 1.29 is 19.1 Å². The molecule has 2 N–H and O–H groups in total. The number of hydrogen-bond acceptors (Lipinski definition) is 5. The van der Waals surface area contributed by atoms with Gasteiger partial charge in [-0.25, -0.2) is 0 Å². The molecule has 2 aliphatic rings. The summed E-state index contributed by atoms with van der Waals surface area (Å²) in [5.41, 5.74) is -0.261. The highest BCUT2D eigenvalue weighted by atomic mass is 16.5. The van der Waals surface area contributed by atoms with Gasteiger partial charge in [-0.3, -0.25) is 9.59 Å². The first kappa shape index (κ1) is 15.2. The number of carbonyl (C=O) groups is 2. The second-order valence-electron chi connectivity index (χ2n) is 5.41. The van der Waals surface area contributed by atoms with Crippen LogP contribution in [0, 0.1) is 0 Å². The lowest BCUT2D eigenvalue weighted by molar-refractivity contribution is -0.158. The summed E-state index contributed by atoms with van der Waals surface area (Å²) in [4.78, 5) is 25.8. The summed E-state index contributed by atoms with van der Waals surface area (Å²) in [6.45, 7) is 7.01. The fourth-order valence-corrected chi connectivity index (χ4v) is 2.31. The van der Waals surface area contributed by atoms with Crippen molar-refractivity contribution in [2.45, 2.75) is 25.5 Å². The molecule has 1 atom stereocenters. The molecule has 0 aliphatic carbocycles. The van der Waals surface area contributed by atoms with E-state index in [0.717, 1.165) is 13.1 Å². The molecule has 1 unspecified atom stereocenters. The van der Waals surface area contributed by atoms with Crippen LogP contribution in [0.4, 0.5) is 0 Å². The standard InChI is InChI=1S/C13H23N3O4/c1-3-15-12(18)10-6-19-5-4-16(10)11(17)7-20-13(2)8-14-9-13/h10,14H,3-9H2,1-2H3,(H,15,18). The van der Waals surface area contributed by atoms with E-state index in [1.165, 1.54) is 0 Å². The first-order chi connectivity index (χ1) is 9.56. The van der Waals surface area contributed by atoms with E-state index in [2.05, 4.69) is 10.6 Å². The lowest BCUT2D eigenvalue weighted by Gasteiger charge is -2.40. The van der Waals surface area contributed by atoms with Gasteiger partial charge in [0, 0.05) is 26.2 Å². The molecule has 0 aromatic carbocycles.